The third-order valence-electron chi connectivity index (χ3n) is 2.93. The molecule has 0 aliphatic carbocycles. The van der Waals surface area contributed by atoms with Crippen LogP contribution in [0.4, 0.5) is 0 Å². The van der Waals surface area contributed by atoms with Gasteiger partial charge in [0.25, 0.3) is 0 Å². The van der Waals surface area contributed by atoms with Crippen LogP contribution in [-0.2, 0) is 19.2 Å². The molecule has 0 saturated carbocycles. The number of nitrogens with one attached hydrogen (secondary N) is 3. The molecule has 3 amide bonds. The number of nitrogens with two attached hydrogens (primary N) is 1. The van der Waals surface area contributed by atoms with Crippen molar-refractivity contribution >= 4 is 23.7 Å². The average Bonchev–Trinajstić information content (AvgIpc) is 2.46. The number of amides is 3. The van der Waals surface area contributed by atoms with Crippen molar-refractivity contribution in [1.29, 1.82) is 0 Å². The molecule has 10 heteroatoms. The van der Waals surface area contributed by atoms with E-state index in [1.54, 1.807) is 13.8 Å². The van der Waals surface area contributed by atoms with Gasteiger partial charge in [0, 0.05) is 0 Å². The average molecular weight is 332 g/mol. The Hall–Kier alpha value is -2.20. The van der Waals surface area contributed by atoms with Gasteiger partial charge in [-0.1, -0.05) is 13.8 Å². The van der Waals surface area contributed by atoms with E-state index in [9.17, 15) is 24.3 Å². The smallest absolute Gasteiger partial charge is 0.322 e. The lowest BCUT2D eigenvalue weighted by molar-refractivity contribution is -0.139. The van der Waals surface area contributed by atoms with Crippen LogP contribution in [0.3, 0.4) is 0 Å². The van der Waals surface area contributed by atoms with Crippen LogP contribution < -0.4 is 21.7 Å². The molecule has 0 aliphatic heterocycles. The number of aliphatic carboxylic acids is 1. The predicted octanol–water partition coefficient (Wildman–Crippen LogP) is -2.85. The van der Waals surface area contributed by atoms with E-state index >= 15 is 0 Å². The zero-order valence-corrected chi connectivity index (χ0v) is 13.3. The van der Waals surface area contributed by atoms with Gasteiger partial charge in [-0.3, -0.25) is 19.2 Å². The van der Waals surface area contributed by atoms with Crippen molar-refractivity contribution < 1.29 is 29.4 Å². The zero-order valence-electron chi connectivity index (χ0n) is 13.3. The summed E-state index contributed by atoms with van der Waals surface area (Å²) in [4.78, 5) is 45.9. The predicted molar refractivity (Wildman–Crippen MR) is 80.1 cm³/mol. The molecule has 0 saturated heterocycles. The fourth-order valence-electron chi connectivity index (χ4n) is 1.69. The van der Waals surface area contributed by atoms with E-state index in [2.05, 4.69) is 16.0 Å². The van der Waals surface area contributed by atoms with Crippen molar-refractivity contribution in [3.05, 3.63) is 0 Å². The standard InChI is InChI=1S/C13H24N4O6/c1-6(2)10(12(22)15-5-9(20)21)17-13(23)11(7(3)18)16-8(19)4-14/h6-7,10-11,18H,4-5,14H2,1-3H3,(H,15,22)(H,16,19)(H,17,23)(H,20,21). The van der Waals surface area contributed by atoms with Crippen molar-refractivity contribution in [2.24, 2.45) is 11.7 Å². The summed E-state index contributed by atoms with van der Waals surface area (Å²) in [6, 6.07) is -2.29. The van der Waals surface area contributed by atoms with E-state index in [4.69, 9.17) is 10.8 Å². The van der Waals surface area contributed by atoms with Gasteiger partial charge in [-0.15, -0.1) is 0 Å². The normalized spacial score (nSPS) is 14.5. The van der Waals surface area contributed by atoms with Gasteiger partial charge in [0.05, 0.1) is 12.6 Å². The van der Waals surface area contributed by atoms with Crippen molar-refractivity contribution in [2.75, 3.05) is 13.1 Å². The number of carbonyl (C=O) groups excluding carboxylic acids is 3. The molecule has 3 unspecified atom stereocenters. The lowest BCUT2D eigenvalue weighted by Crippen LogP contribution is -2.59. The van der Waals surface area contributed by atoms with Gasteiger partial charge in [0.1, 0.15) is 18.6 Å². The second kappa shape index (κ2) is 9.74. The molecule has 0 rings (SSSR count). The Bertz CT molecular complexity index is 452. The fourth-order valence-corrected chi connectivity index (χ4v) is 1.69. The maximum absolute atomic E-state index is 12.2. The summed E-state index contributed by atoms with van der Waals surface area (Å²) < 4.78 is 0. The summed E-state index contributed by atoms with van der Waals surface area (Å²) >= 11 is 0. The first-order chi connectivity index (χ1) is 10.6. The highest BCUT2D eigenvalue weighted by molar-refractivity contribution is 5.93. The van der Waals surface area contributed by atoms with E-state index < -0.39 is 48.4 Å². The highest BCUT2D eigenvalue weighted by atomic mass is 16.4. The number of carboxylic acid groups (broad SMARTS) is 1. The molecule has 0 fully saturated rings. The van der Waals surface area contributed by atoms with Gasteiger partial charge in [0.2, 0.25) is 17.7 Å². The van der Waals surface area contributed by atoms with Gasteiger partial charge >= 0.3 is 5.97 Å². The lowest BCUT2D eigenvalue weighted by atomic mass is 10.0. The van der Waals surface area contributed by atoms with Crippen molar-refractivity contribution in [3.8, 4) is 0 Å². The second-order valence-corrected chi connectivity index (χ2v) is 5.33. The Labute approximate surface area is 133 Å². The van der Waals surface area contributed by atoms with E-state index in [1.165, 1.54) is 6.92 Å². The SMILES string of the molecule is CC(C)C(NC(=O)C(NC(=O)CN)C(C)O)C(=O)NCC(=O)O. The highest BCUT2D eigenvalue weighted by Crippen LogP contribution is 2.04. The Morgan fingerprint density at radius 3 is 1.96 bits per heavy atom. The maximum Gasteiger partial charge on any atom is 0.322 e. The number of aliphatic hydroxyl groups is 1. The minimum Gasteiger partial charge on any atom is -0.480 e. The summed E-state index contributed by atoms with van der Waals surface area (Å²) in [5, 5.41) is 25.0. The van der Waals surface area contributed by atoms with Gasteiger partial charge in [-0.05, 0) is 12.8 Å². The summed E-state index contributed by atoms with van der Waals surface area (Å²) in [7, 11) is 0. The molecular formula is C13H24N4O6. The molecule has 0 radical (unpaired) electrons. The highest BCUT2D eigenvalue weighted by Gasteiger charge is 2.31. The number of hydrogen-bond donors (Lipinski definition) is 6. The van der Waals surface area contributed by atoms with Crippen LogP contribution in [0.2, 0.25) is 0 Å². The van der Waals surface area contributed by atoms with Crippen LogP contribution in [-0.4, -0.2) is 65.2 Å². The summed E-state index contributed by atoms with van der Waals surface area (Å²) in [6.07, 6.45) is -1.21. The van der Waals surface area contributed by atoms with Crippen molar-refractivity contribution in [2.45, 2.75) is 39.0 Å². The fraction of sp³-hybridized carbons (Fsp3) is 0.692. The Kier molecular flexibility index (Phi) is 8.81. The Balaban J connectivity index is 4.96. The second-order valence-electron chi connectivity index (χ2n) is 5.33. The minimum absolute atomic E-state index is 0.340. The molecule has 0 bridgehead atoms. The zero-order chi connectivity index (χ0) is 18.2. The van der Waals surface area contributed by atoms with Crippen LogP contribution in [0, 0.1) is 5.92 Å². The van der Waals surface area contributed by atoms with Gasteiger partial charge in [-0.2, -0.15) is 0 Å². The van der Waals surface area contributed by atoms with Gasteiger partial charge < -0.3 is 31.9 Å². The first-order valence-electron chi connectivity index (χ1n) is 7.07. The minimum atomic E-state index is -1.28. The van der Waals surface area contributed by atoms with Crippen LogP contribution in [0.15, 0.2) is 0 Å². The molecular weight excluding hydrogens is 308 g/mol. The van der Waals surface area contributed by atoms with Gasteiger partial charge in [-0.25, -0.2) is 0 Å². The van der Waals surface area contributed by atoms with Crippen molar-refractivity contribution in [1.82, 2.24) is 16.0 Å². The maximum atomic E-state index is 12.2. The molecule has 3 atom stereocenters. The third kappa shape index (κ3) is 7.56. The topological polar surface area (TPSA) is 171 Å². The quantitative estimate of drug-likeness (QED) is 0.264. The molecule has 0 aromatic carbocycles. The molecule has 0 aromatic rings. The molecule has 0 spiro atoms. The first-order valence-corrected chi connectivity index (χ1v) is 7.07. The molecule has 10 nitrogen and oxygen atoms in total. The number of hydrogen-bond acceptors (Lipinski definition) is 6. The molecule has 0 heterocycles. The Morgan fingerprint density at radius 2 is 1.57 bits per heavy atom. The molecule has 0 aliphatic rings. The van der Waals surface area contributed by atoms with E-state index in [-0.39, 0.29) is 12.5 Å². The number of aliphatic hydroxyl groups excluding tert-OH is 1. The van der Waals surface area contributed by atoms with Crippen LogP contribution >= 0.6 is 0 Å². The third-order valence-corrected chi connectivity index (χ3v) is 2.93. The van der Waals surface area contributed by atoms with E-state index in [0.717, 1.165) is 0 Å². The Morgan fingerprint density at radius 1 is 1.00 bits per heavy atom. The van der Waals surface area contributed by atoms with E-state index in [1.807, 2.05) is 0 Å². The first kappa shape index (κ1) is 20.8. The van der Waals surface area contributed by atoms with Crippen molar-refractivity contribution in [3.63, 3.8) is 0 Å². The number of rotatable bonds is 9. The largest absolute Gasteiger partial charge is 0.480 e. The van der Waals surface area contributed by atoms with Crippen LogP contribution in [0.25, 0.3) is 0 Å². The molecule has 0 aromatic heterocycles. The summed E-state index contributed by atoms with van der Waals surface area (Å²) in [6.45, 7) is 3.67. The van der Waals surface area contributed by atoms with Crippen LogP contribution in [0.5, 0.6) is 0 Å². The van der Waals surface area contributed by atoms with Crippen LogP contribution in [0.1, 0.15) is 20.8 Å². The lowest BCUT2D eigenvalue weighted by Gasteiger charge is -2.26. The molecule has 132 valence electrons. The monoisotopic (exact) mass is 332 g/mol. The number of carboxylic acids is 1. The summed E-state index contributed by atoms with van der Waals surface area (Å²) in [5.41, 5.74) is 5.14. The molecule has 23 heavy (non-hydrogen) atoms. The van der Waals surface area contributed by atoms with E-state index in [0.29, 0.717) is 0 Å². The molecule has 7 N–H and O–H groups in total. The number of carbonyl (C=O) groups is 4. The summed E-state index contributed by atoms with van der Waals surface area (Å²) in [5.74, 6) is -3.64. The van der Waals surface area contributed by atoms with Gasteiger partial charge in [0.15, 0.2) is 0 Å².